The summed E-state index contributed by atoms with van der Waals surface area (Å²) < 4.78 is 7.32. The smallest absolute Gasteiger partial charge is 0.269 e. The topological polar surface area (TPSA) is 95.5 Å². The Morgan fingerprint density at radius 1 is 1.04 bits per heavy atom. The third-order valence-corrected chi connectivity index (χ3v) is 3.39. The van der Waals surface area contributed by atoms with Crippen molar-refractivity contribution in [1.82, 2.24) is 19.8 Å². The zero-order valence-corrected chi connectivity index (χ0v) is 11.7. The first-order valence-corrected chi connectivity index (χ1v) is 6.73. The molecule has 0 N–H and O–H groups in total. The van der Waals surface area contributed by atoms with Crippen LogP contribution in [-0.4, -0.2) is 24.7 Å². The van der Waals surface area contributed by atoms with Gasteiger partial charge in [-0.25, -0.2) is 0 Å². The molecule has 0 radical (unpaired) electrons. The molecule has 0 fully saturated rings. The Hall–Kier alpha value is -3.55. The highest BCUT2D eigenvalue weighted by molar-refractivity contribution is 5.96. The summed E-state index contributed by atoms with van der Waals surface area (Å²) in [6.07, 6.45) is 1.49. The van der Waals surface area contributed by atoms with Crippen molar-refractivity contribution in [3.05, 3.63) is 65.0 Å². The molecule has 0 bridgehead atoms. The zero-order chi connectivity index (χ0) is 15.8. The van der Waals surface area contributed by atoms with Crippen LogP contribution in [0.2, 0.25) is 0 Å². The lowest BCUT2D eigenvalue weighted by Crippen LogP contribution is -1.97. The molecule has 2 aromatic carbocycles. The molecule has 112 valence electrons. The number of non-ortho nitro benzene ring substituents is 1. The van der Waals surface area contributed by atoms with Crippen LogP contribution in [0.15, 0.2) is 54.9 Å². The van der Waals surface area contributed by atoms with Gasteiger partial charge in [0, 0.05) is 22.9 Å². The highest BCUT2D eigenvalue weighted by Gasteiger charge is 2.12. The van der Waals surface area contributed by atoms with Crippen molar-refractivity contribution in [3.63, 3.8) is 0 Å². The number of hydrogen-bond acceptors (Lipinski definition) is 6. The molecule has 8 nitrogen and oxygen atoms in total. The fraction of sp³-hybridized carbons (Fsp3) is 0. The molecule has 2 heterocycles. The maximum atomic E-state index is 10.7. The number of rotatable bonds is 3. The zero-order valence-electron chi connectivity index (χ0n) is 11.7. The Labute approximate surface area is 129 Å². The van der Waals surface area contributed by atoms with Gasteiger partial charge in [0.05, 0.1) is 4.92 Å². The maximum absolute atomic E-state index is 10.7. The average Bonchev–Trinajstić information content (AvgIpc) is 3.04. The Balaban J connectivity index is 1.82. The van der Waals surface area contributed by atoms with Crippen LogP contribution in [0.4, 0.5) is 5.69 Å². The highest BCUT2D eigenvalue weighted by Crippen LogP contribution is 2.30. The van der Waals surface area contributed by atoms with E-state index in [-0.39, 0.29) is 5.69 Å². The summed E-state index contributed by atoms with van der Waals surface area (Å²) in [6, 6.07) is 13.4. The molecule has 0 spiro atoms. The van der Waals surface area contributed by atoms with Crippen molar-refractivity contribution in [2.75, 3.05) is 0 Å². The van der Waals surface area contributed by atoms with Crippen LogP contribution in [-0.2, 0) is 0 Å². The second-order valence-corrected chi connectivity index (χ2v) is 4.80. The van der Waals surface area contributed by atoms with Gasteiger partial charge in [0.1, 0.15) is 12.1 Å². The number of fused-ring (bicyclic) bond motifs is 3. The van der Waals surface area contributed by atoms with Crippen molar-refractivity contribution >= 4 is 22.1 Å². The van der Waals surface area contributed by atoms with Crippen LogP contribution < -0.4 is 4.74 Å². The summed E-state index contributed by atoms with van der Waals surface area (Å²) in [5, 5.41) is 24.6. The summed E-state index contributed by atoms with van der Waals surface area (Å²) in [7, 11) is 0. The molecule has 8 heteroatoms. The maximum Gasteiger partial charge on any atom is 0.269 e. The number of nitrogens with zero attached hydrogens (tertiary/aromatic N) is 5. The first-order chi connectivity index (χ1) is 11.2. The average molecular weight is 307 g/mol. The normalized spacial score (nSPS) is 11.0. The minimum atomic E-state index is -0.458. The molecule has 0 saturated heterocycles. The molecular weight excluding hydrogens is 298 g/mol. The molecule has 0 amide bonds. The Bertz CT molecular complexity index is 1030. The number of ether oxygens (including phenoxy) is 1. The molecular formula is C15H9N5O3. The molecule has 4 rings (SSSR count). The van der Waals surface area contributed by atoms with Crippen molar-refractivity contribution in [2.24, 2.45) is 0 Å². The standard InChI is InChI=1S/C15H9N5O3/c21-20(22)10-5-7-11(8-6-10)23-15-13-4-2-1-3-12(13)14-17-16-9-19(14)18-15/h1-9H. The summed E-state index contributed by atoms with van der Waals surface area (Å²) in [6.45, 7) is 0. The number of nitro benzene ring substituents is 1. The van der Waals surface area contributed by atoms with Crippen LogP contribution in [0, 0.1) is 10.1 Å². The van der Waals surface area contributed by atoms with Gasteiger partial charge in [-0.2, -0.15) is 4.52 Å². The molecule has 0 aliphatic rings. The van der Waals surface area contributed by atoms with E-state index in [0.29, 0.717) is 17.3 Å². The molecule has 0 saturated carbocycles. The van der Waals surface area contributed by atoms with E-state index in [2.05, 4.69) is 15.3 Å². The van der Waals surface area contributed by atoms with E-state index in [9.17, 15) is 10.1 Å². The van der Waals surface area contributed by atoms with Gasteiger partial charge in [0.2, 0.25) is 5.88 Å². The fourth-order valence-electron chi connectivity index (χ4n) is 2.32. The number of hydrogen-bond donors (Lipinski definition) is 0. The Kier molecular flexibility index (Phi) is 2.87. The van der Waals surface area contributed by atoms with E-state index in [1.807, 2.05) is 24.3 Å². The van der Waals surface area contributed by atoms with Crippen molar-refractivity contribution in [1.29, 1.82) is 0 Å². The molecule has 0 atom stereocenters. The van der Waals surface area contributed by atoms with Gasteiger partial charge in [0.15, 0.2) is 5.65 Å². The van der Waals surface area contributed by atoms with E-state index >= 15 is 0 Å². The fourth-order valence-corrected chi connectivity index (χ4v) is 2.32. The predicted octanol–water partition coefficient (Wildman–Crippen LogP) is 2.98. The van der Waals surface area contributed by atoms with Gasteiger partial charge in [0.25, 0.3) is 5.69 Å². The lowest BCUT2D eigenvalue weighted by molar-refractivity contribution is -0.384. The monoisotopic (exact) mass is 307 g/mol. The largest absolute Gasteiger partial charge is 0.437 e. The predicted molar refractivity (Wildman–Crippen MR) is 81.5 cm³/mol. The molecule has 2 aromatic heterocycles. The number of benzene rings is 2. The van der Waals surface area contributed by atoms with Crippen molar-refractivity contribution < 1.29 is 9.66 Å². The highest BCUT2D eigenvalue weighted by atomic mass is 16.6. The molecule has 0 unspecified atom stereocenters. The van der Waals surface area contributed by atoms with Gasteiger partial charge < -0.3 is 4.74 Å². The SMILES string of the molecule is O=[N+]([O-])c1ccc(Oc2nn3cnnc3c3ccccc23)cc1. The van der Waals surface area contributed by atoms with E-state index < -0.39 is 4.92 Å². The Morgan fingerprint density at radius 3 is 2.52 bits per heavy atom. The van der Waals surface area contributed by atoms with Crippen LogP contribution in [0.3, 0.4) is 0 Å². The van der Waals surface area contributed by atoms with Gasteiger partial charge in [-0.1, -0.05) is 18.2 Å². The summed E-state index contributed by atoms with van der Waals surface area (Å²) in [5.74, 6) is 0.836. The van der Waals surface area contributed by atoms with Crippen molar-refractivity contribution in [2.45, 2.75) is 0 Å². The number of nitro groups is 1. The summed E-state index contributed by atoms with van der Waals surface area (Å²) in [5.41, 5.74) is 0.640. The van der Waals surface area contributed by atoms with E-state index in [0.717, 1.165) is 10.8 Å². The minimum absolute atomic E-state index is 0.00410. The van der Waals surface area contributed by atoms with Crippen LogP contribution >= 0.6 is 0 Å². The van der Waals surface area contributed by atoms with Crippen LogP contribution in [0.1, 0.15) is 0 Å². The lowest BCUT2D eigenvalue weighted by atomic mass is 10.2. The third kappa shape index (κ3) is 2.22. The van der Waals surface area contributed by atoms with Crippen molar-refractivity contribution in [3.8, 4) is 11.6 Å². The van der Waals surface area contributed by atoms with Crippen LogP contribution in [0.5, 0.6) is 11.6 Å². The Morgan fingerprint density at radius 2 is 1.78 bits per heavy atom. The summed E-state index contributed by atoms with van der Waals surface area (Å²) in [4.78, 5) is 10.2. The second kappa shape index (κ2) is 5.02. The minimum Gasteiger partial charge on any atom is -0.437 e. The molecule has 4 aromatic rings. The summed E-state index contributed by atoms with van der Waals surface area (Å²) >= 11 is 0. The molecule has 23 heavy (non-hydrogen) atoms. The van der Waals surface area contributed by atoms with Gasteiger partial charge in [-0.3, -0.25) is 10.1 Å². The second-order valence-electron chi connectivity index (χ2n) is 4.80. The third-order valence-electron chi connectivity index (χ3n) is 3.39. The first-order valence-electron chi connectivity index (χ1n) is 6.73. The first kappa shape index (κ1) is 13.1. The lowest BCUT2D eigenvalue weighted by Gasteiger charge is -2.08. The van der Waals surface area contributed by atoms with Gasteiger partial charge in [-0.15, -0.1) is 15.3 Å². The molecule has 0 aliphatic heterocycles. The van der Waals surface area contributed by atoms with E-state index in [4.69, 9.17) is 4.74 Å². The van der Waals surface area contributed by atoms with E-state index in [1.54, 1.807) is 0 Å². The van der Waals surface area contributed by atoms with Gasteiger partial charge in [-0.05, 0) is 18.2 Å². The van der Waals surface area contributed by atoms with E-state index in [1.165, 1.54) is 35.1 Å². The van der Waals surface area contributed by atoms with Crippen LogP contribution in [0.25, 0.3) is 16.4 Å². The number of aromatic nitrogens is 4. The quantitative estimate of drug-likeness (QED) is 0.426. The van der Waals surface area contributed by atoms with Gasteiger partial charge >= 0.3 is 0 Å². The molecule has 0 aliphatic carbocycles.